The minimum absolute atomic E-state index is 0.00765. The number of piperidine rings is 1. The molecule has 3 unspecified atom stereocenters. The maximum Gasteiger partial charge on any atom is 0.333 e. The summed E-state index contributed by atoms with van der Waals surface area (Å²) in [6.07, 6.45) is 5.75. The number of benzene rings is 1. The first-order valence-electron chi connectivity index (χ1n) is 13.8. The first kappa shape index (κ1) is 27.4. The van der Waals surface area contributed by atoms with E-state index in [0.717, 1.165) is 18.5 Å². The molecule has 14 heteroatoms. The predicted octanol–water partition coefficient (Wildman–Crippen LogP) is 5.21. The van der Waals surface area contributed by atoms with Gasteiger partial charge in [0.1, 0.15) is 11.9 Å². The van der Waals surface area contributed by atoms with E-state index in [4.69, 9.17) is 16.6 Å². The summed E-state index contributed by atoms with van der Waals surface area (Å²) in [5, 5.41) is 20.2. The van der Waals surface area contributed by atoms with Gasteiger partial charge in [-0.25, -0.2) is 18.9 Å². The first-order valence-corrected chi connectivity index (χ1v) is 15.1. The molecular weight excluding hydrogens is 591 g/mol. The second-order valence-corrected chi connectivity index (χ2v) is 12.4. The van der Waals surface area contributed by atoms with Crippen LogP contribution in [0.25, 0.3) is 5.57 Å². The van der Waals surface area contributed by atoms with Gasteiger partial charge < -0.3 is 20.2 Å². The van der Waals surface area contributed by atoms with Crippen molar-refractivity contribution in [3.05, 3.63) is 74.8 Å². The second kappa shape index (κ2) is 10.7. The van der Waals surface area contributed by atoms with Gasteiger partial charge in [-0.2, -0.15) is 13.9 Å². The molecular formula is C28H27ClF3N7O2S. The lowest BCUT2D eigenvalue weighted by Crippen LogP contribution is -2.54. The van der Waals surface area contributed by atoms with Crippen LogP contribution in [0.5, 0.6) is 0 Å². The van der Waals surface area contributed by atoms with Crippen LogP contribution in [0.15, 0.2) is 52.7 Å². The number of carbonyl (C=O) groups is 1. The van der Waals surface area contributed by atoms with E-state index in [1.807, 2.05) is 15.2 Å². The summed E-state index contributed by atoms with van der Waals surface area (Å²) in [5.41, 5.74) is 2.10. The highest BCUT2D eigenvalue weighted by molar-refractivity contribution is 7.11. The average Bonchev–Trinajstić information content (AvgIpc) is 3.74. The van der Waals surface area contributed by atoms with Crippen molar-refractivity contribution in [1.29, 1.82) is 0 Å². The number of rotatable bonds is 5. The predicted molar refractivity (Wildman–Crippen MR) is 151 cm³/mol. The summed E-state index contributed by atoms with van der Waals surface area (Å²) in [6.45, 7) is -2.45. The Hall–Kier alpha value is -3.42. The Morgan fingerprint density at radius 3 is 2.64 bits per heavy atom. The lowest BCUT2D eigenvalue weighted by Gasteiger charge is -2.37. The number of amides is 2. The van der Waals surface area contributed by atoms with Gasteiger partial charge in [0.2, 0.25) is 0 Å². The Labute approximate surface area is 248 Å². The molecule has 2 N–H and O–H groups in total. The maximum atomic E-state index is 14.0. The number of aromatic nitrogens is 3. The number of fused-ring (bicyclic) bond motifs is 3. The molecule has 2 amide bonds. The van der Waals surface area contributed by atoms with Crippen molar-refractivity contribution in [3.8, 4) is 0 Å². The third kappa shape index (κ3) is 4.77. The fraction of sp³-hybridized carbons (Fsp3) is 0.429. The fourth-order valence-corrected chi connectivity index (χ4v) is 7.69. The van der Waals surface area contributed by atoms with E-state index < -0.39 is 18.4 Å². The Bertz CT molecular complexity index is 1560. The number of aliphatic hydroxyl groups excluding tert-OH is 1. The first-order chi connectivity index (χ1) is 20.3. The molecule has 0 saturated carbocycles. The van der Waals surface area contributed by atoms with Gasteiger partial charge in [-0.05, 0) is 43.9 Å². The van der Waals surface area contributed by atoms with E-state index in [9.17, 15) is 23.1 Å². The van der Waals surface area contributed by atoms with Crippen LogP contribution >= 0.6 is 22.9 Å². The van der Waals surface area contributed by atoms with E-state index in [0.29, 0.717) is 52.5 Å². The van der Waals surface area contributed by atoms with Gasteiger partial charge in [0.25, 0.3) is 0 Å². The van der Waals surface area contributed by atoms with Crippen molar-refractivity contribution in [2.75, 3.05) is 6.54 Å². The number of urea groups is 1. The number of alkyl halides is 2. The van der Waals surface area contributed by atoms with E-state index in [1.165, 1.54) is 35.7 Å². The lowest BCUT2D eigenvalue weighted by atomic mass is 9.92. The highest BCUT2D eigenvalue weighted by Crippen LogP contribution is 2.46. The molecule has 3 saturated heterocycles. The van der Waals surface area contributed by atoms with Crippen LogP contribution in [-0.2, 0) is 0 Å². The largest absolute Gasteiger partial charge is 0.393 e. The molecule has 6 heterocycles. The number of halogens is 4. The van der Waals surface area contributed by atoms with Gasteiger partial charge >= 0.3 is 12.6 Å². The highest BCUT2D eigenvalue weighted by atomic mass is 35.5. The van der Waals surface area contributed by atoms with Gasteiger partial charge in [0.05, 0.1) is 17.8 Å². The van der Waals surface area contributed by atoms with Crippen LogP contribution in [0.1, 0.15) is 61.0 Å². The quantitative estimate of drug-likeness (QED) is 0.410. The second-order valence-electron chi connectivity index (χ2n) is 11.1. The van der Waals surface area contributed by atoms with Gasteiger partial charge in [0.15, 0.2) is 10.8 Å². The number of carbonyl (C=O) groups excluding carboxylic acids is 1. The summed E-state index contributed by atoms with van der Waals surface area (Å²) in [6, 6.07) is 4.27. The number of nitrogens with zero attached hydrogens (tertiary/aromatic N) is 6. The molecule has 9 nitrogen and oxygen atoms in total. The molecule has 1 aromatic carbocycles. The minimum atomic E-state index is -2.83. The Balaban J connectivity index is 1.29. The number of aliphatic hydroxyl groups is 1. The SMILES string of the molecule is O=C(NC1CC2=C(c3ccn(C(F)F)n3)[C@H](c3ccc(F)cc3Cl)N=C(c3nccs3)N2C1)N1C2CCC1CC(O)C2. The molecule has 2 bridgehead atoms. The zero-order valence-corrected chi connectivity index (χ0v) is 23.8. The summed E-state index contributed by atoms with van der Waals surface area (Å²) in [7, 11) is 0. The molecule has 2 aromatic heterocycles. The molecule has 7 rings (SSSR count). The molecule has 0 spiro atoms. The van der Waals surface area contributed by atoms with Crippen LogP contribution in [0.3, 0.4) is 0 Å². The Morgan fingerprint density at radius 1 is 1.19 bits per heavy atom. The molecule has 3 aromatic rings. The highest BCUT2D eigenvalue weighted by Gasteiger charge is 2.45. The van der Waals surface area contributed by atoms with Gasteiger partial charge in [-0.1, -0.05) is 17.7 Å². The van der Waals surface area contributed by atoms with Gasteiger partial charge in [0, 0.05) is 64.7 Å². The van der Waals surface area contributed by atoms with Crippen molar-refractivity contribution >= 4 is 40.4 Å². The standard InChI is InChI=1S/C28H27ClF3N7O2S/c29-20-9-14(30)1-4-19(20)24-23(21-5-7-38(36-21)27(31)32)22-10-15(13-37(22)25(35-24)26-33-6-8-42-26)34-28(41)39-16-2-3-17(39)12-18(40)11-16/h1,4-9,15-18,24,27,40H,2-3,10-13H2,(H,34,41)/t15?,16?,17?,18?,24-/m0/s1. The Kier molecular flexibility index (Phi) is 6.98. The smallest absolute Gasteiger partial charge is 0.333 e. The van der Waals surface area contributed by atoms with Crippen molar-refractivity contribution in [1.82, 2.24) is 29.9 Å². The zero-order chi connectivity index (χ0) is 29.1. The number of hydrogen-bond donors (Lipinski definition) is 2. The van der Waals surface area contributed by atoms with Crippen LogP contribution in [0.2, 0.25) is 5.02 Å². The molecule has 42 heavy (non-hydrogen) atoms. The van der Waals surface area contributed by atoms with Crippen LogP contribution in [0, 0.1) is 5.82 Å². The Morgan fingerprint density at radius 2 is 1.98 bits per heavy atom. The van der Waals surface area contributed by atoms with E-state index in [2.05, 4.69) is 15.4 Å². The molecule has 4 aliphatic heterocycles. The topological polar surface area (TPSA) is 98.9 Å². The third-order valence-corrected chi connectivity index (χ3v) is 9.59. The molecule has 4 aliphatic rings. The molecule has 0 aliphatic carbocycles. The van der Waals surface area contributed by atoms with E-state index in [-0.39, 0.29) is 41.0 Å². The number of aliphatic imine (C=N–C) groups is 1. The molecule has 0 radical (unpaired) electrons. The van der Waals surface area contributed by atoms with Crippen LogP contribution < -0.4 is 5.32 Å². The van der Waals surface area contributed by atoms with E-state index in [1.54, 1.807) is 12.3 Å². The van der Waals surface area contributed by atoms with Crippen LogP contribution in [-0.4, -0.2) is 72.3 Å². The number of thiazole rings is 1. The van der Waals surface area contributed by atoms with Crippen molar-refractivity contribution in [2.45, 2.75) is 68.9 Å². The lowest BCUT2D eigenvalue weighted by molar-refractivity contribution is 0.0534. The van der Waals surface area contributed by atoms with Crippen molar-refractivity contribution in [3.63, 3.8) is 0 Å². The summed E-state index contributed by atoms with van der Waals surface area (Å²) >= 11 is 7.93. The minimum Gasteiger partial charge on any atom is -0.393 e. The molecule has 4 atom stereocenters. The zero-order valence-electron chi connectivity index (χ0n) is 22.2. The fourth-order valence-electron chi connectivity index (χ4n) is 6.78. The summed E-state index contributed by atoms with van der Waals surface area (Å²) in [5.74, 6) is 0.0460. The maximum absolute atomic E-state index is 14.0. The van der Waals surface area contributed by atoms with Gasteiger partial charge in [-0.15, -0.1) is 11.3 Å². The number of hydrogen-bond acceptors (Lipinski definition) is 7. The molecule has 3 fully saturated rings. The average molecular weight is 618 g/mol. The third-order valence-electron chi connectivity index (χ3n) is 8.50. The number of nitrogens with one attached hydrogen (secondary N) is 1. The monoisotopic (exact) mass is 617 g/mol. The van der Waals surface area contributed by atoms with Crippen molar-refractivity contribution < 1.29 is 23.1 Å². The molecule has 220 valence electrons. The van der Waals surface area contributed by atoms with Gasteiger partial charge in [-0.3, -0.25) is 4.99 Å². The normalized spacial score (nSPS) is 27.1. The number of amidine groups is 1. The van der Waals surface area contributed by atoms with Crippen LogP contribution in [0.4, 0.5) is 18.0 Å². The van der Waals surface area contributed by atoms with Crippen molar-refractivity contribution in [2.24, 2.45) is 4.99 Å². The summed E-state index contributed by atoms with van der Waals surface area (Å²) in [4.78, 5) is 26.9. The summed E-state index contributed by atoms with van der Waals surface area (Å²) < 4.78 is 41.8. The van der Waals surface area contributed by atoms with E-state index >= 15 is 0 Å².